The van der Waals surface area contributed by atoms with Gasteiger partial charge in [0.1, 0.15) is 30.7 Å². The monoisotopic (exact) mass is 567 g/mol. The minimum absolute atomic E-state index is 0.134. The first-order chi connectivity index (χ1) is 19.4. The summed E-state index contributed by atoms with van der Waals surface area (Å²) >= 11 is 0. The summed E-state index contributed by atoms with van der Waals surface area (Å²) in [5.74, 6) is -1.12. The van der Waals surface area contributed by atoms with Gasteiger partial charge in [-0.3, -0.25) is 24.4 Å². The third-order valence-electron chi connectivity index (χ3n) is 9.74. The van der Waals surface area contributed by atoms with Crippen molar-refractivity contribution in [3.63, 3.8) is 0 Å². The molecule has 10 nitrogen and oxygen atoms in total. The normalized spacial score (nSPS) is 40.3. The highest BCUT2D eigenvalue weighted by Crippen LogP contribution is 2.39. The number of amides is 3. The van der Waals surface area contributed by atoms with Gasteiger partial charge in [0, 0.05) is 51.2 Å². The van der Waals surface area contributed by atoms with E-state index in [0.717, 1.165) is 12.8 Å². The molecule has 6 rings (SSSR count). The van der Waals surface area contributed by atoms with Crippen LogP contribution in [0, 0.1) is 23.7 Å². The number of carbonyl (C=O) groups excluding carboxylic acids is 2. The molecule has 40 heavy (non-hydrogen) atoms. The van der Waals surface area contributed by atoms with Crippen LogP contribution < -0.4 is 10.8 Å². The van der Waals surface area contributed by atoms with Crippen molar-refractivity contribution in [1.29, 1.82) is 0 Å². The number of amidine groups is 1. The predicted molar refractivity (Wildman–Crippen MR) is 142 cm³/mol. The zero-order valence-corrected chi connectivity index (χ0v) is 22.9. The topological polar surface area (TPSA) is 102 Å². The Morgan fingerprint density at radius 1 is 1.10 bits per heavy atom. The van der Waals surface area contributed by atoms with E-state index < -0.39 is 42.4 Å². The summed E-state index contributed by atoms with van der Waals surface area (Å²) in [4.78, 5) is 44.7. The summed E-state index contributed by atoms with van der Waals surface area (Å²) in [5.41, 5.74) is 2.32. The van der Waals surface area contributed by atoms with Crippen molar-refractivity contribution in [2.24, 2.45) is 33.7 Å². The van der Waals surface area contributed by atoms with Crippen molar-refractivity contribution in [1.82, 2.24) is 25.5 Å². The maximum absolute atomic E-state index is 15.8. The molecular formula is C27H40F3N7O3. The van der Waals surface area contributed by atoms with Crippen LogP contribution >= 0.6 is 0 Å². The molecule has 0 aromatic heterocycles. The molecule has 3 amide bonds. The molecule has 3 aliphatic carbocycles. The lowest BCUT2D eigenvalue weighted by Gasteiger charge is -2.50. The van der Waals surface area contributed by atoms with Crippen molar-refractivity contribution in [2.45, 2.75) is 75.7 Å². The third kappa shape index (κ3) is 5.36. The van der Waals surface area contributed by atoms with Gasteiger partial charge in [0.25, 0.3) is 0 Å². The largest absolute Gasteiger partial charge is 0.331 e. The Morgan fingerprint density at radius 3 is 2.60 bits per heavy atom. The van der Waals surface area contributed by atoms with Crippen molar-refractivity contribution in [3.8, 4) is 0 Å². The van der Waals surface area contributed by atoms with Crippen LogP contribution in [-0.2, 0) is 9.63 Å². The van der Waals surface area contributed by atoms with E-state index in [0.29, 0.717) is 70.5 Å². The van der Waals surface area contributed by atoms with Gasteiger partial charge in [-0.25, -0.2) is 28.4 Å². The first-order valence-electron chi connectivity index (χ1n) is 14.8. The van der Waals surface area contributed by atoms with Crippen LogP contribution in [0.5, 0.6) is 0 Å². The number of urea groups is 1. The molecular weight excluding hydrogens is 527 g/mol. The van der Waals surface area contributed by atoms with Crippen LogP contribution in [0.3, 0.4) is 0 Å². The summed E-state index contributed by atoms with van der Waals surface area (Å²) in [6.45, 7) is 5.61. The Hall–Kier alpha value is -2.25. The van der Waals surface area contributed by atoms with E-state index >= 15 is 13.2 Å². The fourth-order valence-electron chi connectivity index (χ4n) is 7.25. The van der Waals surface area contributed by atoms with Gasteiger partial charge in [-0.15, -0.1) is 0 Å². The molecule has 5 fully saturated rings. The van der Waals surface area contributed by atoms with Gasteiger partial charge < -0.3 is 10.2 Å². The zero-order valence-electron chi connectivity index (χ0n) is 22.9. The van der Waals surface area contributed by atoms with Gasteiger partial charge in [-0.05, 0) is 44.9 Å². The van der Waals surface area contributed by atoms with E-state index in [2.05, 4.69) is 25.7 Å². The lowest BCUT2D eigenvalue weighted by atomic mass is 9.71. The first-order valence-corrected chi connectivity index (χ1v) is 14.8. The average molecular weight is 568 g/mol. The molecule has 9 unspecified atom stereocenters. The number of hydrogen-bond donors (Lipinski definition) is 2. The summed E-state index contributed by atoms with van der Waals surface area (Å²) in [7, 11) is 0. The first kappa shape index (κ1) is 27.9. The van der Waals surface area contributed by atoms with E-state index in [4.69, 9.17) is 4.84 Å². The number of hydroxylamine groups is 1. The van der Waals surface area contributed by atoms with Gasteiger partial charge in [0.05, 0.1) is 30.5 Å². The van der Waals surface area contributed by atoms with Crippen LogP contribution in [0.4, 0.5) is 18.0 Å². The highest BCUT2D eigenvalue weighted by atomic mass is 19.2. The molecule has 0 aromatic rings. The van der Waals surface area contributed by atoms with Crippen LogP contribution in [0.15, 0.2) is 9.98 Å². The minimum Gasteiger partial charge on any atom is -0.331 e. The number of nitrogens with one attached hydrogen (secondary N) is 2. The summed E-state index contributed by atoms with van der Waals surface area (Å²) < 4.78 is 46.1. The second-order valence-electron chi connectivity index (χ2n) is 12.2. The molecule has 2 saturated heterocycles. The Bertz CT molecular complexity index is 1020. The molecule has 2 N–H and O–H groups in total. The minimum atomic E-state index is -1.87. The van der Waals surface area contributed by atoms with Crippen molar-refractivity contribution in [2.75, 3.05) is 45.9 Å². The smallest absolute Gasteiger partial charge is 0.323 e. The average Bonchev–Trinajstić information content (AvgIpc) is 3.78. The SMILES string of the molecule is CCN1C(=O)NC2C(F)C(CN3CCN(C4CCC(C(=O)NOCC5CC5)C(F)C4F)CC3)CC3N=CN=C1C32. The highest BCUT2D eigenvalue weighted by molar-refractivity contribution is 6.05. The molecule has 0 spiro atoms. The molecule has 0 radical (unpaired) electrons. The van der Waals surface area contributed by atoms with Gasteiger partial charge >= 0.3 is 6.03 Å². The van der Waals surface area contributed by atoms with Gasteiger partial charge in [-0.2, -0.15) is 0 Å². The van der Waals surface area contributed by atoms with E-state index in [1.165, 1.54) is 6.34 Å². The molecule has 3 aliphatic heterocycles. The van der Waals surface area contributed by atoms with Crippen LogP contribution in [0.2, 0.25) is 0 Å². The number of halogens is 3. The van der Waals surface area contributed by atoms with Crippen molar-refractivity contribution in [3.05, 3.63) is 0 Å². The summed E-state index contributed by atoms with van der Waals surface area (Å²) in [5, 5.41) is 2.87. The molecule has 3 heterocycles. The fourth-order valence-corrected chi connectivity index (χ4v) is 7.25. The standard InChI is InChI=1S/C27H40F3N7O3/c1-2-37-25-20-18(31-14-32-25)11-16(21(28)24(20)33-27(37)39)12-35-7-9-36(10-8-35)19-6-5-17(22(29)23(19)30)26(38)34-40-13-15-3-4-15/h14-24H,2-13H2,1H3,(H,33,39)(H,34,38). The number of nitrogens with zero attached hydrogens (tertiary/aromatic N) is 5. The fraction of sp³-hybridized carbons (Fsp3) is 0.852. The molecule has 0 aromatic carbocycles. The maximum atomic E-state index is 15.8. The second kappa shape index (κ2) is 11.6. The number of rotatable bonds is 8. The summed E-state index contributed by atoms with van der Waals surface area (Å²) in [6.07, 6.45) is 0.0369. The predicted octanol–water partition coefficient (Wildman–Crippen LogP) is 1.71. The Morgan fingerprint density at radius 2 is 1.88 bits per heavy atom. The second-order valence-corrected chi connectivity index (χ2v) is 12.2. The lowest BCUT2D eigenvalue weighted by molar-refractivity contribution is -0.145. The Kier molecular flexibility index (Phi) is 8.06. The van der Waals surface area contributed by atoms with Crippen LogP contribution in [0.25, 0.3) is 0 Å². The lowest BCUT2D eigenvalue weighted by Crippen LogP contribution is -2.69. The van der Waals surface area contributed by atoms with Crippen molar-refractivity contribution < 1.29 is 27.6 Å². The molecule has 0 bridgehead atoms. The molecule has 222 valence electrons. The number of alkyl halides is 3. The number of carbonyl (C=O) groups is 2. The maximum Gasteiger partial charge on any atom is 0.323 e. The summed E-state index contributed by atoms with van der Waals surface area (Å²) in [6, 6.07) is -1.69. The Labute approximate surface area is 232 Å². The molecule has 6 aliphatic rings. The van der Waals surface area contributed by atoms with E-state index in [9.17, 15) is 9.59 Å². The third-order valence-corrected chi connectivity index (χ3v) is 9.74. The molecule has 13 heteroatoms. The zero-order chi connectivity index (χ0) is 28.0. The van der Waals surface area contributed by atoms with Crippen LogP contribution in [0.1, 0.15) is 39.0 Å². The highest BCUT2D eigenvalue weighted by Gasteiger charge is 2.53. The van der Waals surface area contributed by atoms with E-state index in [1.807, 2.05) is 11.8 Å². The quantitative estimate of drug-likeness (QED) is 0.435. The Balaban J connectivity index is 0.999. The van der Waals surface area contributed by atoms with E-state index in [-0.39, 0.29) is 30.3 Å². The van der Waals surface area contributed by atoms with E-state index in [1.54, 1.807) is 4.90 Å². The van der Waals surface area contributed by atoms with Crippen LogP contribution in [-0.4, -0.2) is 121 Å². The van der Waals surface area contributed by atoms with Gasteiger partial charge in [0.15, 0.2) is 0 Å². The molecule has 3 saturated carbocycles. The van der Waals surface area contributed by atoms with Crippen molar-refractivity contribution >= 4 is 24.1 Å². The van der Waals surface area contributed by atoms with Gasteiger partial charge in [-0.1, -0.05) is 0 Å². The van der Waals surface area contributed by atoms with Gasteiger partial charge in [0.2, 0.25) is 5.91 Å². The number of aliphatic imine (C=N–C) groups is 2. The molecule has 9 atom stereocenters. The number of hydrogen-bond acceptors (Lipinski definition) is 7. The number of piperazine rings is 1.